The van der Waals surface area contributed by atoms with E-state index < -0.39 is 0 Å². The Morgan fingerprint density at radius 3 is 2.74 bits per heavy atom. The number of carbonyl (C=O) groups is 3. The van der Waals surface area contributed by atoms with E-state index in [4.69, 9.17) is 14.2 Å². The van der Waals surface area contributed by atoms with Crippen LogP contribution in [-0.4, -0.2) is 72.5 Å². The van der Waals surface area contributed by atoms with E-state index in [-0.39, 0.29) is 62.7 Å². The van der Waals surface area contributed by atoms with Gasteiger partial charge in [-0.1, -0.05) is 12.1 Å². The van der Waals surface area contributed by atoms with Gasteiger partial charge in [0.25, 0.3) is 0 Å². The van der Waals surface area contributed by atoms with Crippen molar-refractivity contribution < 1.29 is 28.6 Å². The van der Waals surface area contributed by atoms with Crippen molar-refractivity contribution in [3.05, 3.63) is 77.2 Å². The lowest BCUT2D eigenvalue weighted by Gasteiger charge is -2.28. The highest BCUT2D eigenvalue weighted by Crippen LogP contribution is 2.42. The molecule has 0 radical (unpaired) electrons. The van der Waals surface area contributed by atoms with Crippen molar-refractivity contribution in [1.82, 2.24) is 24.9 Å². The highest BCUT2D eigenvalue weighted by Gasteiger charge is 2.26. The Morgan fingerprint density at radius 1 is 1.04 bits per heavy atom. The average molecular weight is 626 g/mol. The van der Waals surface area contributed by atoms with E-state index in [1.54, 1.807) is 25.3 Å². The van der Waals surface area contributed by atoms with Gasteiger partial charge in [-0.25, -0.2) is 4.98 Å². The first-order chi connectivity index (χ1) is 22.3. The summed E-state index contributed by atoms with van der Waals surface area (Å²) in [4.78, 5) is 46.0. The van der Waals surface area contributed by atoms with E-state index in [2.05, 4.69) is 15.6 Å². The number of aryl methyl sites for hydroxylation is 2. The molecule has 0 spiro atoms. The molecule has 0 fully saturated rings. The highest BCUT2D eigenvalue weighted by molar-refractivity contribution is 5.82. The number of amides is 3. The zero-order valence-corrected chi connectivity index (χ0v) is 26.4. The molecule has 0 aliphatic carbocycles. The first-order valence-electron chi connectivity index (χ1n) is 15.6. The van der Waals surface area contributed by atoms with Crippen LogP contribution < -0.4 is 24.8 Å². The molecule has 2 aliphatic heterocycles. The first kappa shape index (κ1) is 30.9. The number of hydrogen-bond acceptors (Lipinski definition) is 7. The lowest BCUT2D eigenvalue weighted by Crippen LogP contribution is -2.42. The van der Waals surface area contributed by atoms with Gasteiger partial charge in [-0.2, -0.15) is 0 Å². The summed E-state index contributed by atoms with van der Waals surface area (Å²) < 4.78 is 19.3. The summed E-state index contributed by atoms with van der Waals surface area (Å²) in [6.07, 6.45) is 5.21. The number of benzene rings is 2. The smallest absolute Gasteiger partial charge is 0.228 e. The Morgan fingerprint density at radius 2 is 1.91 bits per heavy atom. The molecule has 2 aromatic heterocycles. The highest BCUT2D eigenvalue weighted by atomic mass is 16.5. The van der Waals surface area contributed by atoms with E-state index in [1.807, 2.05) is 60.0 Å². The summed E-state index contributed by atoms with van der Waals surface area (Å²) in [6, 6.07) is 13.4. The van der Waals surface area contributed by atoms with Crippen LogP contribution in [0.5, 0.6) is 17.2 Å². The molecule has 4 bridgehead atoms. The van der Waals surface area contributed by atoms with Crippen molar-refractivity contribution >= 4 is 23.4 Å². The topological polar surface area (TPSA) is 124 Å². The Hall–Kier alpha value is -5.06. The van der Waals surface area contributed by atoms with Crippen LogP contribution in [0.3, 0.4) is 0 Å². The summed E-state index contributed by atoms with van der Waals surface area (Å²) in [5.74, 6) is 1.43. The predicted octanol–water partition coefficient (Wildman–Crippen LogP) is 3.79. The van der Waals surface area contributed by atoms with Crippen LogP contribution in [-0.2, 0) is 27.2 Å². The molecule has 2 aliphatic rings. The van der Waals surface area contributed by atoms with Crippen molar-refractivity contribution in [1.29, 1.82) is 0 Å². The van der Waals surface area contributed by atoms with Crippen LogP contribution in [0, 0.1) is 6.92 Å². The lowest BCUT2D eigenvalue weighted by atomic mass is 9.93. The monoisotopic (exact) mass is 625 g/mol. The number of methoxy groups -OCH3 is 2. The van der Waals surface area contributed by atoms with Crippen LogP contribution >= 0.6 is 0 Å². The Balaban J connectivity index is 1.28. The molecule has 3 amide bonds. The molecule has 2 N–H and O–H groups in total. The van der Waals surface area contributed by atoms with Gasteiger partial charge in [0, 0.05) is 62.4 Å². The number of hydrogen-bond donors (Lipinski definition) is 2. The zero-order valence-electron chi connectivity index (χ0n) is 26.4. The molecule has 1 unspecified atom stereocenters. The molecule has 6 rings (SSSR count). The normalized spacial score (nSPS) is 17.3. The van der Waals surface area contributed by atoms with Crippen molar-refractivity contribution in [2.75, 3.05) is 40.5 Å². The summed E-state index contributed by atoms with van der Waals surface area (Å²) in [7, 11) is 3.19. The summed E-state index contributed by atoms with van der Waals surface area (Å²) >= 11 is 0. The molecule has 2 aromatic carbocycles. The second-order valence-corrected chi connectivity index (χ2v) is 11.7. The van der Waals surface area contributed by atoms with Gasteiger partial charge in [0.1, 0.15) is 11.4 Å². The van der Waals surface area contributed by atoms with Crippen molar-refractivity contribution in [3.8, 4) is 28.4 Å². The summed E-state index contributed by atoms with van der Waals surface area (Å²) in [6.45, 7) is 3.22. The summed E-state index contributed by atoms with van der Waals surface area (Å²) in [5.41, 5.74) is 6.09. The molecule has 46 heavy (non-hydrogen) atoms. The van der Waals surface area contributed by atoms with Crippen LogP contribution in [0.4, 0.5) is 0 Å². The van der Waals surface area contributed by atoms with Gasteiger partial charge < -0.3 is 34.1 Å². The minimum atomic E-state index is -0.254. The largest absolute Gasteiger partial charge is 0.493 e. The second-order valence-electron chi connectivity index (χ2n) is 11.7. The summed E-state index contributed by atoms with van der Waals surface area (Å²) in [5, 5.41) is 6.13. The number of carbonyl (C=O) groups excluding carboxylic acids is 3. The fourth-order valence-corrected chi connectivity index (χ4v) is 6.23. The van der Waals surface area contributed by atoms with Gasteiger partial charge >= 0.3 is 0 Å². The molecule has 4 heterocycles. The van der Waals surface area contributed by atoms with Gasteiger partial charge in [0.15, 0.2) is 11.5 Å². The zero-order chi connectivity index (χ0) is 32.2. The van der Waals surface area contributed by atoms with Crippen molar-refractivity contribution in [2.45, 2.75) is 45.1 Å². The standard InChI is InChI=1S/C35H39N5O6/c1-22-5-4-13-40-25(21-37-35(22)40)20-33(43)39-14-10-32(42)38-28-11-16-46-29-8-7-24(19-27(28)29)26-17-23(6-9-31(41)36-12-15-39)18-30(44-2)34(26)45-3/h4-5,7-8,13,17-19,21,28H,6,9-12,14-16,20H2,1-3H3,(H,36,41)(H,38,42). The fraction of sp³-hybridized carbons (Fsp3) is 0.371. The van der Waals surface area contributed by atoms with Crippen LogP contribution in [0.25, 0.3) is 16.8 Å². The molecule has 0 saturated carbocycles. The molecule has 1 atom stereocenters. The third-order valence-corrected chi connectivity index (χ3v) is 8.68. The number of aromatic nitrogens is 2. The third kappa shape index (κ3) is 6.49. The molecule has 4 aromatic rings. The van der Waals surface area contributed by atoms with E-state index in [0.717, 1.165) is 39.2 Å². The Bertz CT molecular complexity index is 1780. The fourth-order valence-electron chi connectivity index (χ4n) is 6.23. The van der Waals surface area contributed by atoms with Gasteiger partial charge in [-0.05, 0) is 60.4 Å². The second kappa shape index (κ2) is 13.5. The van der Waals surface area contributed by atoms with E-state index in [1.165, 1.54) is 0 Å². The molecule has 11 heteroatoms. The Labute approximate surface area is 267 Å². The first-order valence-corrected chi connectivity index (χ1v) is 15.6. The maximum Gasteiger partial charge on any atom is 0.228 e. The minimum Gasteiger partial charge on any atom is -0.493 e. The third-order valence-electron chi connectivity index (χ3n) is 8.68. The lowest BCUT2D eigenvalue weighted by molar-refractivity contribution is -0.132. The number of ether oxygens (including phenoxy) is 3. The maximum absolute atomic E-state index is 13.6. The van der Waals surface area contributed by atoms with Crippen LogP contribution in [0.1, 0.15) is 47.7 Å². The number of fused-ring (bicyclic) bond motifs is 5. The van der Waals surface area contributed by atoms with Crippen molar-refractivity contribution in [3.63, 3.8) is 0 Å². The molecular formula is C35H39N5O6. The minimum absolute atomic E-state index is 0.116. The van der Waals surface area contributed by atoms with Gasteiger partial charge in [0.05, 0.1) is 39.0 Å². The van der Waals surface area contributed by atoms with Crippen LogP contribution in [0.15, 0.2) is 54.9 Å². The van der Waals surface area contributed by atoms with Crippen LogP contribution in [0.2, 0.25) is 0 Å². The number of pyridine rings is 1. The molecule has 0 saturated heterocycles. The Kier molecular flexibility index (Phi) is 9.09. The van der Waals surface area contributed by atoms with Gasteiger partial charge in [-0.15, -0.1) is 0 Å². The average Bonchev–Trinajstić information content (AvgIpc) is 3.47. The number of nitrogens with zero attached hydrogens (tertiary/aromatic N) is 3. The van der Waals surface area contributed by atoms with Crippen molar-refractivity contribution in [2.24, 2.45) is 0 Å². The maximum atomic E-state index is 13.6. The molecule has 240 valence electrons. The number of imidazole rings is 1. The van der Waals surface area contributed by atoms with Gasteiger partial charge in [-0.3, -0.25) is 14.4 Å². The quantitative estimate of drug-likeness (QED) is 0.354. The van der Waals surface area contributed by atoms with E-state index >= 15 is 0 Å². The predicted molar refractivity (Wildman–Crippen MR) is 172 cm³/mol. The number of rotatable bonds is 4. The van der Waals surface area contributed by atoms with E-state index in [0.29, 0.717) is 36.7 Å². The SMILES string of the molecule is COc1cc2cc(c1OC)-c1ccc3c(c1)C(CCO3)NC(=O)CCN(C(=O)Cc1cnc3c(C)cccn13)CCNC(=O)CC2. The van der Waals surface area contributed by atoms with E-state index in [9.17, 15) is 14.4 Å². The van der Waals surface area contributed by atoms with Gasteiger partial charge in [0.2, 0.25) is 17.7 Å². The molecule has 11 nitrogen and oxygen atoms in total. The number of nitrogens with one attached hydrogen (secondary N) is 2. The molecular weight excluding hydrogens is 586 g/mol.